The van der Waals surface area contributed by atoms with Gasteiger partial charge in [-0.25, -0.2) is 4.79 Å². The minimum absolute atomic E-state index is 0.0571. The van der Waals surface area contributed by atoms with E-state index in [2.05, 4.69) is 26.8 Å². The number of hydrogen-bond donors (Lipinski definition) is 8. The van der Waals surface area contributed by atoms with Crippen molar-refractivity contribution < 1.29 is 64.7 Å². The summed E-state index contributed by atoms with van der Waals surface area (Å²) in [4.78, 5) is 24.8. The maximum atomic E-state index is 13.0. The molecule has 5 aliphatic carbocycles. The van der Waals surface area contributed by atoms with E-state index >= 15 is 0 Å². The molecule has 0 bridgehead atoms. The highest BCUT2D eigenvalue weighted by atomic mass is 16.7. The number of aliphatic hydroxyl groups is 7. The van der Waals surface area contributed by atoms with Crippen LogP contribution in [0, 0.1) is 56.2 Å². The second kappa shape index (κ2) is 14.0. The third kappa shape index (κ3) is 5.72. The number of fused-ring (bicyclic) bond motifs is 7. The molecular formula is C41H66O13. The minimum atomic E-state index is -1.84. The molecule has 6 aliphatic rings. The summed E-state index contributed by atoms with van der Waals surface area (Å²) in [6.07, 6.45) is -5.53. The lowest BCUT2D eigenvalue weighted by molar-refractivity contribution is -0.328. The van der Waals surface area contributed by atoms with Gasteiger partial charge in [-0.2, -0.15) is 0 Å². The average Bonchev–Trinajstić information content (AvgIpc) is 3.10. The van der Waals surface area contributed by atoms with Crippen LogP contribution in [-0.4, -0.2) is 121 Å². The van der Waals surface area contributed by atoms with Gasteiger partial charge in [0.2, 0.25) is 0 Å². The first kappa shape index (κ1) is 41.9. The Morgan fingerprint density at radius 3 is 2.17 bits per heavy atom. The Morgan fingerprint density at radius 1 is 0.907 bits per heavy atom. The van der Waals surface area contributed by atoms with Crippen molar-refractivity contribution in [2.75, 3.05) is 13.2 Å². The number of hydrogen-bond acceptors (Lipinski definition) is 12. The molecule has 0 aromatic carbocycles. The zero-order valence-corrected chi connectivity index (χ0v) is 33.3. The number of carboxylic acid groups (broad SMARTS) is 1. The van der Waals surface area contributed by atoms with Crippen LogP contribution in [0.5, 0.6) is 0 Å². The zero-order valence-electron chi connectivity index (χ0n) is 33.3. The van der Waals surface area contributed by atoms with E-state index < -0.39 is 95.3 Å². The first-order chi connectivity index (χ1) is 25.0. The van der Waals surface area contributed by atoms with Crippen molar-refractivity contribution in [1.29, 1.82) is 0 Å². The molecule has 5 fully saturated rings. The van der Waals surface area contributed by atoms with Crippen molar-refractivity contribution in [2.24, 2.45) is 56.2 Å². The molecule has 13 heteroatoms. The number of esters is 1. The van der Waals surface area contributed by atoms with Crippen molar-refractivity contribution in [3.8, 4) is 0 Å². The van der Waals surface area contributed by atoms with E-state index in [0.717, 1.165) is 12.0 Å². The maximum Gasteiger partial charge on any atom is 0.335 e. The molecule has 1 saturated heterocycles. The molecule has 1 heterocycles. The van der Waals surface area contributed by atoms with E-state index in [-0.39, 0.29) is 41.1 Å². The molecule has 4 saturated carbocycles. The normalized spacial score (nSPS) is 51.7. The Kier molecular flexibility index (Phi) is 10.9. The quantitative estimate of drug-likeness (QED) is 0.101. The minimum Gasteiger partial charge on any atom is -0.479 e. The van der Waals surface area contributed by atoms with Crippen LogP contribution in [0.3, 0.4) is 0 Å². The number of carbonyl (C=O) groups excluding carboxylic acids is 1. The van der Waals surface area contributed by atoms with E-state index in [1.807, 2.05) is 27.7 Å². The predicted octanol–water partition coefficient (Wildman–Crippen LogP) is 2.54. The molecule has 0 radical (unpaired) electrons. The number of aliphatic hydroxyl groups excluding tert-OH is 7. The molecule has 54 heavy (non-hydrogen) atoms. The summed E-state index contributed by atoms with van der Waals surface area (Å²) < 4.78 is 17.8. The second-order valence-corrected chi connectivity index (χ2v) is 19.7. The summed E-state index contributed by atoms with van der Waals surface area (Å²) >= 11 is 0. The Labute approximate surface area is 319 Å². The zero-order chi connectivity index (χ0) is 40.1. The van der Waals surface area contributed by atoms with E-state index in [9.17, 15) is 50.4 Å². The monoisotopic (exact) mass is 766 g/mol. The van der Waals surface area contributed by atoms with Crippen LogP contribution in [0.2, 0.25) is 0 Å². The molecule has 0 aromatic heterocycles. The summed E-state index contributed by atoms with van der Waals surface area (Å²) in [7, 11) is 0. The Bertz CT molecular complexity index is 1480. The van der Waals surface area contributed by atoms with Gasteiger partial charge in [0.25, 0.3) is 0 Å². The highest BCUT2D eigenvalue weighted by Gasteiger charge is 2.73. The number of ether oxygens (including phenoxy) is 3. The summed E-state index contributed by atoms with van der Waals surface area (Å²) in [6.45, 7) is 15.8. The molecule has 18 atom stereocenters. The smallest absolute Gasteiger partial charge is 0.335 e. The number of aliphatic carboxylic acids is 1. The second-order valence-electron chi connectivity index (χ2n) is 19.7. The molecule has 13 nitrogen and oxygen atoms in total. The Balaban J connectivity index is 1.32. The van der Waals surface area contributed by atoms with Gasteiger partial charge in [0.15, 0.2) is 12.4 Å². The van der Waals surface area contributed by atoms with Gasteiger partial charge in [-0.05, 0) is 85.4 Å². The third-order valence-corrected chi connectivity index (χ3v) is 16.8. The van der Waals surface area contributed by atoms with Gasteiger partial charge in [0.05, 0.1) is 36.8 Å². The van der Waals surface area contributed by atoms with Crippen LogP contribution in [0.1, 0.15) is 107 Å². The standard InChI is InChI=1S/C41H66O13/c1-9-20(2)34(51)54-32-31(48)41(19-43)22(16-36(32,3)4)21-10-11-24-37(5)14-13-26(52-35-29(47)27(45)28(46)30(53-35)33(49)50)38(6,18-42)23(37)12-15-39(24,7)40(21,8)17-25(41)44/h10,20,22-32,35,42-48H,9,11-19H2,1-8H3,(H,49,50)/t20-,22-,23+,24+,25-,26-,27+,28+,29-,30+,31-,32-,35-,37-,38-,39+,40+,41-/m0/s1. The first-order valence-corrected chi connectivity index (χ1v) is 20.1. The number of carbonyl (C=O) groups is 2. The average molecular weight is 767 g/mol. The van der Waals surface area contributed by atoms with Gasteiger partial charge in [-0.15, -0.1) is 0 Å². The van der Waals surface area contributed by atoms with Gasteiger partial charge >= 0.3 is 11.9 Å². The van der Waals surface area contributed by atoms with E-state index in [4.69, 9.17) is 14.2 Å². The number of carboxylic acids is 1. The van der Waals surface area contributed by atoms with Gasteiger partial charge in [-0.1, -0.05) is 67.0 Å². The van der Waals surface area contributed by atoms with Gasteiger partial charge < -0.3 is 55.1 Å². The molecule has 6 rings (SSSR count). The van der Waals surface area contributed by atoms with Crippen LogP contribution >= 0.6 is 0 Å². The molecule has 0 aromatic rings. The Morgan fingerprint density at radius 2 is 1.57 bits per heavy atom. The molecule has 8 N–H and O–H groups in total. The summed E-state index contributed by atoms with van der Waals surface area (Å²) in [6, 6.07) is 0. The van der Waals surface area contributed by atoms with E-state index in [0.29, 0.717) is 44.9 Å². The summed E-state index contributed by atoms with van der Waals surface area (Å²) in [5.74, 6) is -2.54. The SMILES string of the molecule is CC[C@H](C)C(=O)O[C@H]1[C@H](O)[C@]2(CO)[C@@H](O)C[C@]3(C)C(=CC[C@@H]4[C@@]5(C)CC[C@H](O[C@H]6O[C@@H](C(=O)O)[C@H](O)[C@@H](O)[C@@H]6O)[C@@](C)(CO)[C@@H]5CC[C@]43C)[C@@H]2CC1(C)C. The fourth-order valence-electron chi connectivity index (χ4n) is 13.1. The lowest BCUT2D eigenvalue weighted by Crippen LogP contribution is -2.72. The van der Waals surface area contributed by atoms with Crippen LogP contribution in [-0.2, 0) is 23.8 Å². The van der Waals surface area contributed by atoms with Crippen molar-refractivity contribution in [3.63, 3.8) is 0 Å². The summed E-state index contributed by atoms with van der Waals surface area (Å²) in [5.41, 5.74) is -2.79. The Hall–Kier alpha value is -1.68. The van der Waals surface area contributed by atoms with Crippen molar-refractivity contribution in [3.05, 3.63) is 11.6 Å². The third-order valence-electron chi connectivity index (χ3n) is 16.8. The van der Waals surface area contributed by atoms with Crippen molar-refractivity contribution in [2.45, 2.75) is 162 Å². The molecule has 1 aliphatic heterocycles. The topological polar surface area (TPSA) is 224 Å². The lowest BCUT2D eigenvalue weighted by Gasteiger charge is -2.72. The fourth-order valence-corrected chi connectivity index (χ4v) is 13.1. The first-order valence-electron chi connectivity index (χ1n) is 20.1. The van der Waals surface area contributed by atoms with E-state index in [1.54, 1.807) is 6.92 Å². The predicted molar refractivity (Wildman–Crippen MR) is 194 cm³/mol. The van der Waals surface area contributed by atoms with Crippen LogP contribution < -0.4 is 0 Å². The van der Waals surface area contributed by atoms with Crippen LogP contribution in [0.4, 0.5) is 0 Å². The molecular weight excluding hydrogens is 700 g/mol. The van der Waals surface area contributed by atoms with E-state index in [1.165, 1.54) is 0 Å². The van der Waals surface area contributed by atoms with Gasteiger partial charge in [0, 0.05) is 10.8 Å². The molecule has 0 amide bonds. The van der Waals surface area contributed by atoms with Gasteiger partial charge in [0.1, 0.15) is 30.5 Å². The van der Waals surface area contributed by atoms with Crippen LogP contribution in [0.25, 0.3) is 0 Å². The lowest BCUT2D eigenvalue weighted by atomic mass is 9.33. The largest absolute Gasteiger partial charge is 0.479 e. The van der Waals surface area contributed by atoms with Crippen molar-refractivity contribution in [1.82, 2.24) is 0 Å². The number of allylic oxidation sites excluding steroid dienone is 2. The molecule has 0 unspecified atom stereocenters. The maximum absolute atomic E-state index is 13.0. The highest BCUT2D eigenvalue weighted by Crippen LogP contribution is 2.76. The van der Waals surface area contributed by atoms with Crippen LogP contribution in [0.15, 0.2) is 11.6 Å². The van der Waals surface area contributed by atoms with Gasteiger partial charge in [-0.3, -0.25) is 4.79 Å². The molecule has 0 spiro atoms. The summed E-state index contributed by atoms with van der Waals surface area (Å²) in [5, 5.41) is 87.8. The fraction of sp³-hybridized carbons (Fsp3) is 0.902. The molecule has 308 valence electrons. The van der Waals surface area contributed by atoms with Crippen molar-refractivity contribution >= 4 is 11.9 Å². The highest BCUT2D eigenvalue weighted by molar-refractivity contribution is 5.73. The number of rotatable bonds is 8.